The predicted molar refractivity (Wildman–Crippen MR) is 97.2 cm³/mol. The van der Waals surface area contributed by atoms with E-state index in [0.717, 1.165) is 37.7 Å². The summed E-state index contributed by atoms with van der Waals surface area (Å²) >= 11 is 1.45. The Balaban J connectivity index is 1.71. The average Bonchev–Trinajstić information content (AvgIpc) is 3.10. The van der Waals surface area contributed by atoms with Crippen molar-refractivity contribution in [3.8, 4) is 6.07 Å². The number of fused-ring (bicyclic) bond motifs is 1. The van der Waals surface area contributed by atoms with Crippen LogP contribution in [0.25, 0.3) is 0 Å². The van der Waals surface area contributed by atoms with Crippen LogP contribution >= 0.6 is 11.3 Å². The first-order chi connectivity index (χ1) is 12.5. The maximum absolute atomic E-state index is 12.4. The molecule has 0 bridgehead atoms. The molecule has 0 aliphatic heterocycles. The van der Waals surface area contributed by atoms with Crippen molar-refractivity contribution in [2.24, 2.45) is 0 Å². The number of rotatable bonds is 4. The molecule has 0 fully saturated rings. The fourth-order valence-electron chi connectivity index (χ4n) is 3.04. The van der Waals surface area contributed by atoms with Crippen LogP contribution < -0.4 is 5.32 Å². The third-order valence-electron chi connectivity index (χ3n) is 4.50. The van der Waals surface area contributed by atoms with Crippen LogP contribution in [-0.2, 0) is 22.4 Å². The van der Waals surface area contributed by atoms with E-state index >= 15 is 0 Å². The van der Waals surface area contributed by atoms with E-state index in [2.05, 4.69) is 11.4 Å². The lowest BCUT2D eigenvalue weighted by atomic mass is 10.1. The molecule has 0 spiro atoms. The molecule has 7 heteroatoms. The second kappa shape index (κ2) is 7.75. The lowest BCUT2D eigenvalue weighted by Gasteiger charge is -2.12. The first-order valence-corrected chi connectivity index (χ1v) is 9.43. The number of carbonyl (C=O) groups is 2. The normalized spacial score (nSPS) is 14.7. The van der Waals surface area contributed by atoms with Gasteiger partial charge in [-0.1, -0.05) is 6.42 Å². The summed E-state index contributed by atoms with van der Waals surface area (Å²) in [7, 11) is 0. The number of ether oxygens (including phenoxy) is 1. The minimum atomic E-state index is -0.981. The number of esters is 1. The van der Waals surface area contributed by atoms with Crippen LogP contribution in [-0.4, -0.2) is 18.0 Å². The van der Waals surface area contributed by atoms with Crippen molar-refractivity contribution < 1.29 is 18.7 Å². The first-order valence-electron chi connectivity index (χ1n) is 8.61. The third kappa shape index (κ3) is 3.65. The number of carbonyl (C=O) groups excluding carboxylic acids is 2. The Morgan fingerprint density at radius 2 is 2.12 bits per heavy atom. The summed E-state index contributed by atoms with van der Waals surface area (Å²) in [6.07, 6.45) is 5.55. The molecule has 0 radical (unpaired) electrons. The van der Waals surface area contributed by atoms with Gasteiger partial charge in [0, 0.05) is 4.88 Å². The highest BCUT2D eigenvalue weighted by molar-refractivity contribution is 7.16. The van der Waals surface area contributed by atoms with Gasteiger partial charge in [-0.25, -0.2) is 4.79 Å². The van der Waals surface area contributed by atoms with Gasteiger partial charge in [-0.3, -0.25) is 4.79 Å². The highest BCUT2D eigenvalue weighted by Gasteiger charge is 2.25. The SMILES string of the molecule is Cc1occc1C(=O)O[C@@H](C)C(=O)Nc1sc2c(c1C#N)CCCCC2. The highest BCUT2D eigenvalue weighted by atomic mass is 32.1. The van der Waals surface area contributed by atoms with Crippen LogP contribution in [0.2, 0.25) is 0 Å². The molecule has 26 heavy (non-hydrogen) atoms. The van der Waals surface area contributed by atoms with E-state index in [-0.39, 0.29) is 0 Å². The molecular formula is C19H20N2O4S. The van der Waals surface area contributed by atoms with E-state index in [1.807, 2.05) is 0 Å². The number of hydrogen-bond donors (Lipinski definition) is 1. The topological polar surface area (TPSA) is 92.3 Å². The summed E-state index contributed by atoms with van der Waals surface area (Å²) in [5.74, 6) is -0.620. The lowest BCUT2D eigenvalue weighted by molar-refractivity contribution is -0.123. The number of anilines is 1. The smallest absolute Gasteiger partial charge is 0.342 e. The van der Waals surface area contributed by atoms with E-state index in [1.165, 1.54) is 35.5 Å². The number of thiophene rings is 1. The van der Waals surface area contributed by atoms with Gasteiger partial charge in [-0.15, -0.1) is 11.3 Å². The summed E-state index contributed by atoms with van der Waals surface area (Å²) < 4.78 is 10.3. The molecule has 1 aliphatic rings. The Bertz CT molecular complexity index is 875. The summed E-state index contributed by atoms with van der Waals surface area (Å²) in [5, 5.41) is 12.8. The molecule has 2 aromatic heterocycles. The van der Waals surface area contributed by atoms with Crippen LogP contribution in [0.3, 0.4) is 0 Å². The minimum absolute atomic E-state index is 0.296. The number of nitriles is 1. The van der Waals surface area contributed by atoms with Crippen LogP contribution in [0.4, 0.5) is 5.00 Å². The zero-order valence-corrected chi connectivity index (χ0v) is 15.6. The van der Waals surface area contributed by atoms with Gasteiger partial charge in [0.25, 0.3) is 5.91 Å². The number of furan rings is 1. The zero-order chi connectivity index (χ0) is 18.7. The van der Waals surface area contributed by atoms with E-state index in [4.69, 9.17) is 9.15 Å². The summed E-state index contributed by atoms with van der Waals surface area (Å²) in [5.41, 5.74) is 1.90. The molecule has 0 unspecified atom stereocenters. The Morgan fingerprint density at radius 1 is 1.35 bits per heavy atom. The van der Waals surface area contributed by atoms with Crippen LogP contribution in [0.1, 0.15) is 58.3 Å². The standard InChI is InChI=1S/C19H20N2O4S/c1-11-13(8-9-24-11)19(23)25-12(2)17(22)21-18-15(10-20)14-6-4-3-5-7-16(14)26-18/h8-9,12H,3-7H2,1-2H3,(H,21,22)/t12-/m0/s1. The Labute approximate surface area is 155 Å². The molecule has 1 amide bonds. The molecule has 136 valence electrons. The molecule has 6 nitrogen and oxygen atoms in total. The van der Waals surface area contributed by atoms with Gasteiger partial charge in [0.15, 0.2) is 6.10 Å². The van der Waals surface area contributed by atoms with Gasteiger partial charge in [-0.05, 0) is 51.2 Å². The molecule has 1 N–H and O–H groups in total. The largest absolute Gasteiger partial charge is 0.469 e. The molecule has 1 aliphatic carbocycles. The summed E-state index contributed by atoms with van der Waals surface area (Å²) in [6, 6.07) is 3.73. The minimum Gasteiger partial charge on any atom is -0.469 e. The fraction of sp³-hybridized carbons (Fsp3) is 0.421. The van der Waals surface area contributed by atoms with Crippen molar-refractivity contribution in [1.29, 1.82) is 5.26 Å². The van der Waals surface area contributed by atoms with Crippen molar-refractivity contribution >= 4 is 28.2 Å². The fourth-order valence-corrected chi connectivity index (χ4v) is 4.28. The van der Waals surface area contributed by atoms with E-state index in [0.29, 0.717) is 21.9 Å². The van der Waals surface area contributed by atoms with Gasteiger partial charge in [-0.2, -0.15) is 5.26 Å². The summed E-state index contributed by atoms with van der Waals surface area (Å²) in [6.45, 7) is 3.16. The van der Waals surface area contributed by atoms with Crippen molar-refractivity contribution in [3.63, 3.8) is 0 Å². The molecule has 1 atom stereocenters. The van der Waals surface area contributed by atoms with Crippen LogP contribution in [0.5, 0.6) is 0 Å². The predicted octanol–water partition coefficient (Wildman–Crippen LogP) is 3.97. The zero-order valence-electron chi connectivity index (χ0n) is 14.8. The van der Waals surface area contributed by atoms with Crippen molar-refractivity contribution in [3.05, 3.63) is 39.7 Å². The molecule has 2 heterocycles. The number of aryl methyl sites for hydroxylation is 2. The Hall–Kier alpha value is -2.59. The maximum Gasteiger partial charge on any atom is 0.342 e. The molecular weight excluding hydrogens is 352 g/mol. The van der Waals surface area contributed by atoms with E-state index in [9.17, 15) is 14.9 Å². The lowest BCUT2D eigenvalue weighted by Crippen LogP contribution is -2.30. The Kier molecular flexibility index (Phi) is 5.43. The number of hydrogen-bond acceptors (Lipinski definition) is 6. The van der Waals surface area contributed by atoms with Crippen molar-refractivity contribution in [1.82, 2.24) is 0 Å². The third-order valence-corrected chi connectivity index (χ3v) is 5.71. The second-order valence-electron chi connectivity index (χ2n) is 6.31. The van der Waals surface area contributed by atoms with E-state index in [1.54, 1.807) is 6.92 Å². The first kappa shape index (κ1) is 18.2. The number of nitrogens with zero attached hydrogens (tertiary/aromatic N) is 1. The monoisotopic (exact) mass is 372 g/mol. The molecule has 0 aromatic carbocycles. The van der Waals surface area contributed by atoms with Crippen LogP contribution in [0.15, 0.2) is 16.7 Å². The van der Waals surface area contributed by atoms with Crippen molar-refractivity contribution in [2.45, 2.75) is 52.1 Å². The van der Waals surface area contributed by atoms with Gasteiger partial charge in [0.1, 0.15) is 22.4 Å². The molecule has 2 aromatic rings. The number of nitrogens with one attached hydrogen (secondary N) is 1. The number of amides is 1. The van der Waals surface area contributed by atoms with E-state index < -0.39 is 18.0 Å². The van der Waals surface area contributed by atoms with Gasteiger partial charge < -0.3 is 14.5 Å². The molecule has 0 saturated heterocycles. The Morgan fingerprint density at radius 3 is 2.81 bits per heavy atom. The second-order valence-corrected chi connectivity index (χ2v) is 7.41. The van der Waals surface area contributed by atoms with Crippen molar-refractivity contribution in [2.75, 3.05) is 5.32 Å². The van der Waals surface area contributed by atoms with Crippen LogP contribution in [0, 0.1) is 18.3 Å². The van der Waals surface area contributed by atoms with Gasteiger partial charge >= 0.3 is 5.97 Å². The van der Waals surface area contributed by atoms with Gasteiger partial charge in [0.2, 0.25) is 0 Å². The quantitative estimate of drug-likeness (QED) is 0.647. The summed E-state index contributed by atoms with van der Waals surface area (Å²) in [4.78, 5) is 25.7. The molecule has 3 rings (SSSR count). The van der Waals surface area contributed by atoms with Gasteiger partial charge in [0.05, 0.1) is 11.8 Å². The average molecular weight is 372 g/mol. The molecule has 0 saturated carbocycles. The highest BCUT2D eigenvalue weighted by Crippen LogP contribution is 2.37. The maximum atomic E-state index is 12.4.